The molecule has 0 aliphatic rings. The van der Waals surface area contributed by atoms with Crippen LogP contribution in [0.5, 0.6) is 0 Å². The van der Waals surface area contributed by atoms with E-state index in [1.54, 1.807) is 11.0 Å². The van der Waals surface area contributed by atoms with Crippen LogP contribution in [0, 0.1) is 0 Å². The van der Waals surface area contributed by atoms with Gasteiger partial charge in [0.2, 0.25) is 5.95 Å². The number of aromatic nitrogens is 2. The van der Waals surface area contributed by atoms with E-state index in [4.69, 9.17) is 11.6 Å². The molecule has 132 valence electrons. The van der Waals surface area contributed by atoms with Crippen molar-refractivity contribution in [3.8, 4) is 0 Å². The summed E-state index contributed by atoms with van der Waals surface area (Å²) >= 11 is 6.11. The van der Waals surface area contributed by atoms with Crippen molar-refractivity contribution >= 4 is 29.1 Å². The molecule has 0 saturated carbocycles. The number of nitrogens with one attached hydrogen (secondary N) is 1. The number of rotatable bonds is 6. The van der Waals surface area contributed by atoms with Crippen LogP contribution in [0.4, 0.5) is 11.6 Å². The first-order chi connectivity index (χ1) is 12.7. The normalized spacial score (nSPS) is 10.4. The number of para-hydroxylation sites is 1. The zero-order valence-corrected chi connectivity index (χ0v) is 15.1. The van der Waals surface area contributed by atoms with Crippen LogP contribution in [0.25, 0.3) is 0 Å². The van der Waals surface area contributed by atoms with Gasteiger partial charge in [0.15, 0.2) is 0 Å². The van der Waals surface area contributed by atoms with Gasteiger partial charge >= 0.3 is 0 Å². The number of halogens is 1. The molecule has 0 aliphatic heterocycles. The van der Waals surface area contributed by atoms with Gasteiger partial charge in [0.25, 0.3) is 5.91 Å². The molecule has 0 unspecified atom stereocenters. The second-order valence-electron chi connectivity index (χ2n) is 5.71. The van der Waals surface area contributed by atoms with Crippen LogP contribution in [0.15, 0.2) is 67.0 Å². The number of benzene rings is 2. The van der Waals surface area contributed by atoms with Gasteiger partial charge in [-0.25, -0.2) is 9.97 Å². The monoisotopic (exact) mass is 366 g/mol. The SMILES string of the molecule is CCN(Cc1ccccc1)C(=O)c1cnc(Nc2ccccc2Cl)nc1. The lowest BCUT2D eigenvalue weighted by Crippen LogP contribution is -2.30. The standard InChI is InChI=1S/C20H19ClN4O/c1-2-25(14-15-8-4-3-5-9-15)19(26)16-12-22-20(23-13-16)24-18-11-7-6-10-17(18)21/h3-13H,2,14H2,1H3,(H,22,23,24). The lowest BCUT2D eigenvalue weighted by molar-refractivity contribution is 0.0752. The van der Waals surface area contributed by atoms with Gasteiger partial charge < -0.3 is 10.2 Å². The molecule has 0 atom stereocenters. The molecule has 1 amide bonds. The molecule has 1 N–H and O–H groups in total. The Kier molecular flexibility index (Phi) is 5.81. The molecule has 2 aromatic carbocycles. The van der Waals surface area contributed by atoms with E-state index in [9.17, 15) is 4.79 Å². The zero-order chi connectivity index (χ0) is 18.4. The van der Waals surface area contributed by atoms with E-state index >= 15 is 0 Å². The van der Waals surface area contributed by atoms with Crippen molar-refractivity contribution in [1.82, 2.24) is 14.9 Å². The average Bonchev–Trinajstić information content (AvgIpc) is 2.69. The molecule has 0 fully saturated rings. The summed E-state index contributed by atoms with van der Waals surface area (Å²) in [4.78, 5) is 22.9. The van der Waals surface area contributed by atoms with Crippen LogP contribution in [0.2, 0.25) is 5.02 Å². The molecule has 6 heteroatoms. The van der Waals surface area contributed by atoms with Gasteiger partial charge in [-0.2, -0.15) is 0 Å². The lowest BCUT2D eigenvalue weighted by Gasteiger charge is -2.21. The van der Waals surface area contributed by atoms with Crippen molar-refractivity contribution in [3.63, 3.8) is 0 Å². The average molecular weight is 367 g/mol. The minimum absolute atomic E-state index is 0.0966. The highest BCUT2D eigenvalue weighted by atomic mass is 35.5. The predicted molar refractivity (Wildman–Crippen MR) is 104 cm³/mol. The molecule has 3 aromatic rings. The molecule has 0 bridgehead atoms. The van der Waals surface area contributed by atoms with Gasteiger partial charge in [0, 0.05) is 25.5 Å². The molecule has 3 rings (SSSR count). The van der Waals surface area contributed by atoms with Crippen LogP contribution < -0.4 is 5.32 Å². The maximum Gasteiger partial charge on any atom is 0.257 e. The van der Waals surface area contributed by atoms with Crippen molar-refractivity contribution in [2.45, 2.75) is 13.5 Å². The van der Waals surface area contributed by atoms with Gasteiger partial charge in [0.05, 0.1) is 16.3 Å². The van der Waals surface area contributed by atoms with Gasteiger partial charge in [-0.05, 0) is 24.6 Å². The van der Waals surface area contributed by atoms with Gasteiger partial charge in [-0.3, -0.25) is 4.79 Å². The Balaban J connectivity index is 1.70. The highest BCUT2D eigenvalue weighted by Gasteiger charge is 2.15. The predicted octanol–water partition coefficient (Wildman–Crippen LogP) is 4.54. The molecule has 0 radical (unpaired) electrons. The summed E-state index contributed by atoms with van der Waals surface area (Å²) < 4.78 is 0. The van der Waals surface area contributed by atoms with E-state index in [2.05, 4.69) is 15.3 Å². The third-order valence-electron chi connectivity index (χ3n) is 3.90. The Morgan fingerprint density at radius 1 is 1.04 bits per heavy atom. The highest BCUT2D eigenvalue weighted by molar-refractivity contribution is 6.33. The van der Waals surface area contributed by atoms with E-state index in [0.29, 0.717) is 35.3 Å². The number of carbonyl (C=O) groups is 1. The van der Waals surface area contributed by atoms with E-state index in [0.717, 1.165) is 5.56 Å². The highest BCUT2D eigenvalue weighted by Crippen LogP contribution is 2.23. The first kappa shape index (κ1) is 17.9. The van der Waals surface area contributed by atoms with E-state index in [-0.39, 0.29) is 5.91 Å². The summed E-state index contributed by atoms with van der Waals surface area (Å²) in [5.41, 5.74) is 2.25. The van der Waals surface area contributed by atoms with Crippen LogP contribution in [0.1, 0.15) is 22.8 Å². The largest absolute Gasteiger partial charge is 0.335 e. The van der Waals surface area contributed by atoms with Crippen molar-refractivity contribution in [2.24, 2.45) is 0 Å². The number of amides is 1. The Labute approximate surface area is 157 Å². The minimum atomic E-state index is -0.0966. The number of carbonyl (C=O) groups excluding carboxylic acids is 1. The molecule has 26 heavy (non-hydrogen) atoms. The first-order valence-corrected chi connectivity index (χ1v) is 8.72. The molecule has 1 heterocycles. The van der Waals surface area contributed by atoms with Gasteiger partial charge in [-0.15, -0.1) is 0 Å². The third-order valence-corrected chi connectivity index (χ3v) is 4.23. The second-order valence-corrected chi connectivity index (χ2v) is 6.11. The lowest BCUT2D eigenvalue weighted by atomic mass is 10.2. The van der Waals surface area contributed by atoms with Gasteiger partial charge in [0.1, 0.15) is 0 Å². The quantitative estimate of drug-likeness (QED) is 0.696. The smallest absolute Gasteiger partial charge is 0.257 e. The Hall–Kier alpha value is -2.92. The van der Waals surface area contributed by atoms with E-state index in [1.165, 1.54) is 12.4 Å². The van der Waals surface area contributed by atoms with Crippen molar-refractivity contribution in [1.29, 1.82) is 0 Å². The molecule has 0 spiro atoms. The van der Waals surface area contributed by atoms with Crippen molar-refractivity contribution in [3.05, 3.63) is 83.1 Å². The van der Waals surface area contributed by atoms with Crippen LogP contribution in [-0.4, -0.2) is 27.3 Å². The van der Waals surface area contributed by atoms with E-state index < -0.39 is 0 Å². The van der Waals surface area contributed by atoms with E-state index in [1.807, 2.05) is 55.5 Å². The number of hydrogen-bond acceptors (Lipinski definition) is 4. The molecule has 0 saturated heterocycles. The summed E-state index contributed by atoms with van der Waals surface area (Å²) in [6, 6.07) is 17.2. The summed E-state index contributed by atoms with van der Waals surface area (Å²) in [6.07, 6.45) is 3.06. The number of anilines is 2. The van der Waals surface area contributed by atoms with Crippen LogP contribution >= 0.6 is 11.6 Å². The molecule has 0 aliphatic carbocycles. The maximum absolute atomic E-state index is 12.7. The fraction of sp³-hybridized carbons (Fsp3) is 0.150. The van der Waals surface area contributed by atoms with Crippen molar-refractivity contribution in [2.75, 3.05) is 11.9 Å². The molecule has 1 aromatic heterocycles. The summed E-state index contributed by atoms with van der Waals surface area (Å²) in [6.45, 7) is 3.11. The topological polar surface area (TPSA) is 58.1 Å². The minimum Gasteiger partial charge on any atom is -0.335 e. The molecule has 5 nitrogen and oxygen atoms in total. The zero-order valence-electron chi connectivity index (χ0n) is 14.4. The maximum atomic E-state index is 12.7. The Morgan fingerprint density at radius 2 is 1.69 bits per heavy atom. The number of hydrogen-bond donors (Lipinski definition) is 1. The Bertz CT molecular complexity index is 868. The Morgan fingerprint density at radius 3 is 2.35 bits per heavy atom. The van der Waals surface area contributed by atoms with Crippen LogP contribution in [0.3, 0.4) is 0 Å². The van der Waals surface area contributed by atoms with Crippen LogP contribution in [-0.2, 0) is 6.54 Å². The van der Waals surface area contributed by atoms with Crippen molar-refractivity contribution < 1.29 is 4.79 Å². The molecular weight excluding hydrogens is 348 g/mol. The summed E-state index contributed by atoms with van der Waals surface area (Å²) in [5, 5.41) is 3.62. The second kappa shape index (κ2) is 8.45. The third kappa shape index (κ3) is 4.37. The fourth-order valence-electron chi connectivity index (χ4n) is 2.50. The fourth-order valence-corrected chi connectivity index (χ4v) is 2.68. The molecular formula is C20H19ClN4O. The first-order valence-electron chi connectivity index (χ1n) is 8.34. The van der Waals surface area contributed by atoms with Gasteiger partial charge in [-0.1, -0.05) is 54.1 Å². The summed E-state index contributed by atoms with van der Waals surface area (Å²) in [7, 11) is 0. The number of nitrogens with zero attached hydrogens (tertiary/aromatic N) is 3. The summed E-state index contributed by atoms with van der Waals surface area (Å²) in [5.74, 6) is 0.293.